The molecule has 1 aliphatic rings. The van der Waals surface area contributed by atoms with Crippen LogP contribution in [0, 0.1) is 6.92 Å². The molecule has 1 aliphatic carbocycles. The van der Waals surface area contributed by atoms with E-state index in [4.69, 9.17) is 0 Å². The van der Waals surface area contributed by atoms with E-state index >= 15 is 0 Å². The van der Waals surface area contributed by atoms with Gasteiger partial charge in [0.05, 0.1) is 0 Å². The highest BCUT2D eigenvalue weighted by Gasteiger charge is 2.18. The number of rotatable bonds is 4. The first-order valence-corrected chi connectivity index (χ1v) is 8.44. The molecular formula is C19H32N2. The summed E-state index contributed by atoms with van der Waals surface area (Å²) in [5, 5.41) is 3.58. The van der Waals surface area contributed by atoms with Crippen LogP contribution in [-0.2, 0) is 6.54 Å². The van der Waals surface area contributed by atoms with Crippen molar-refractivity contribution < 1.29 is 0 Å². The fourth-order valence-corrected chi connectivity index (χ4v) is 3.14. The van der Waals surface area contributed by atoms with Crippen LogP contribution in [0.3, 0.4) is 0 Å². The second-order valence-electron chi connectivity index (χ2n) is 7.62. The third kappa shape index (κ3) is 4.74. The molecule has 0 heterocycles. The van der Waals surface area contributed by atoms with Gasteiger partial charge in [0.15, 0.2) is 0 Å². The van der Waals surface area contributed by atoms with Crippen LogP contribution in [0.5, 0.6) is 0 Å². The number of benzene rings is 1. The molecule has 0 unspecified atom stereocenters. The lowest BCUT2D eigenvalue weighted by molar-refractivity contribution is 0.423. The maximum Gasteiger partial charge on any atom is 0.0368 e. The van der Waals surface area contributed by atoms with E-state index in [1.807, 2.05) is 0 Å². The highest BCUT2D eigenvalue weighted by molar-refractivity contribution is 5.51. The minimum Gasteiger partial charge on any atom is -0.372 e. The van der Waals surface area contributed by atoms with E-state index in [0.29, 0.717) is 0 Å². The van der Waals surface area contributed by atoms with Crippen LogP contribution in [0.15, 0.2) is 18.2 Å². The lowest BCUT2D eigenvalue weighted by Gasteiger charge is -2.33. The fraction of sp³-hybridized carbons (Fsp3) is 0.684. The van der Waals surface area contributed by atoms with Crippen LogP contribution >= 0.6 is 0 Å². The predicted octanol–water partition coefficient (Wildman–Crippen LogP) is 4.65. The van der Waals surface area contributed by atoms with Crippen molar-refractivity contribution >= 4 is 5.69 Å². The smallest absolute Gasteiger partial charge is 0.0368 e. The molecule has 1 N–H and O–H groups in total. The maximum absolute atomic E-state index is 3.58. The van der Waals surface area contributed by atoms with Crippen molar-refractivity contribution in [3.63, 3.8) is 0 Å². The molecule has 0 radical (unpaired) electrons. The van der Waals surface area contributed by atoms with Crippen molar-refractivity contribution in [2.24, 2.45) is 0 Å². The second-order valence-corrected chi connectivity index (χ2v) is 7.62. The van der Waals surface area contributed by atoms with Gasteiger partial charge in [0.1, 0.15) is 0 Å². The molecule has 1 aromatic carbocycles. The Morgan fingerprint density at radius 2 is 1.81 bits per heavy atom. The quantitative estimate of drug-likeness (QED) is 0.867. The van der Waals surface area contributed by atoms with E-state index in [0.717, 1.165) is 12.6 Å². The Bertz CT molecular complexity index is 453. The molecule has 0 aliphatic heterocycles. The van der Waals surface area contributed by atoms with Crippen LogP contribution in [0.1, 0.15) is 64.0 Å². The summed E-state index contributed by atoms with van der Waals surface area (Å²) in [6.07, 6.45) is 6.90. The van der Waals surface area contributed by atoms with Crippen molar-refractivity contribution in [2.75, 3.05) is 11.9 Å². The summed E-state index contributed by atoms with van der Waals surface area (Å²) in [5.41, 5.74) is 4.35. The van der Waals surface area contributed by atoms with E-state index in [1.54, 1.807) is 0 Å². The lowest BCUT2D eigenvalue weighted by atomic mass is 9.94. The number of nitrogens with one attached hydrogen (secondary N) is 1. The van der Waals surface area contributed by atoms with Crippen LogP contribution < -0.4 is 10.2 Å². The topological polar surface area (TPSA) is 15.3 Å². The SMILES string of the molecule is Cc1cc(N(C)C2CCCCC2)ccc1CNC(C)(C)C. The lowest BCUT2D eigenvalue weighted by Crippen LogP contribution is -2.35. The molecule has 0 aromatic heterocycles. The summed E-state index contributed by atoms with van der Waals surface area (Å²) in [6, 6.07) is 7.68. The van der Waals surface area contributed by atoms with Crippen molar-refractivity contribution in [1.29, 1.82) is 0 Å². The van der Waals surface area contributed by atoms with E-state index < -0.39 is 0 Å². The molecule has 118 valence electrons. The van der Waals surface area contributed by atoms with Crippen molar-refractivity contribution in [2.45, 2.75) is 77.9 Å². The fourth-order valence-electron chi connectivity index (χ4n) is 3.14. The molecule has 1 aromatic rings. The minimum absolute atomic E-state index is 0.171. The summed E-state index contributed by atoms with van der Waals surface area (Å²) in [5.74, 6) is 0. The zero-order chi connectivity index (χ0) is 15.5. The molecule has 0 saturated heterocycles. The van der Waals surface area contributed by atoms with Gasteiger partial charge >= 0.3 is 0 Å². The molecule has 2 heteroatoms. The Kier molecular flexibility index (Phi) is 5.32. The Hall–Kier alpha value is -1.02. The van der Waals surface area contributed by atoms with Crippen LogP contribution in [0.2, 0.25) is 0 Å². The maximum atomic E-state index is 3.58. The van der Waals surface area contributed by atoms with Crippen LogP contribution in [0.4, 0.5) is 5.69 Å². The number of hydrogen-bond donors (Lipinski definition) is 1. The molecule has 0 spiro atoms. The van der Waals surface area contributed by atoms with Gasteiger partial charge in [0.2, 0.25) is 0 Å². The average molecular weight is 288 g/mol. The zero-order valence-electron chi connectivity index (χ0n) is 14.5. The van der Waals surface area contributed by atoms with Gasteiger partial charge in [-0.3, -0.25) is 0 Å². The predicted molar refractivity (Wildman–Crippen MR) is 93.0 cm³/mol. The number of aryl methyl sites for hydroxylation is 1. The minimum atomic E-state index is 0.171. The first-order chi connectivity index (χ1) is 9.87. The van der Waals surface area contributed by atoms with Crippen LogP contribution in [0.25, 0.3) is 0 Å². The van der Waals surface area contributed by atoms with E-state index in [2.05, 4.69) is 63.2 Å². The van der Waals surface area contributed by atoms with E-state index in [1.165, 1.54) is 48.9 Å². The Morgan fingerprint density at radius 3 is 2.38 bits per heavy atom. The van der Waals surface area contributed by atoms with Gasteiger partial charge in [-0.05, 0) is 63.8 Å². The number of nitrogens with zero attached hydrogens (tertiary/aromatic N) is 1. The van der Waals surface area contributed by atoms with Crippen molar-refractivity contribution in [1.82, 2.24) is 5.32 Å². The number of anilines is 1. The van der Waals surface area contributed by atoms with Gasteiger partial charge in [0, 0.05) is 30.9 Å². The summed E-state index contributed by atoms with van der Waals surface area (Å²) in [6.45, 7) is 9.83. The Balaban J connectivity index is 2.03. The van der Waals surface area contributed by atoms with Gasteiger partial charge in [-0.25, -0.2) is 0 Å². The first-order valence-electron chi connectivity index (χ1n) is 8.44. The third-order valence-corrected chi connectivity index (χ3v) is 4.67. The summed E-state index contributed by atoms with van der Waals surface area (Å²) in [7, 11) is 2.26. The summed E-state index contributed by atoms with van der Waals surface area (Å²) < 4.78 is 0. The van der Waals surface area contributed by atoms with E-state index in [9.17, 15) is 0 Å². The van der Waals surface area contributed by atoms with Gasteiger partial charge < -0.3 is 10.2 Å². The normalized spacial score (nSPS) is 17.0. The number of hydrogen-bond acceptors (Lipinski definition) is 2. The average Bonchev–Trinajstić information content (AvgIpc) is 2.45. The highest BCUT2D eigenvalue weighted by atomic mass is 15.1. The molecule has 2 nitrogen and oxygen atoms in total. The summed E-state index contributed by atoms with van der Waals surface area (Å²) >= 11 is 0. The molecule has 21 heavy (non-hydrogen) atoms. The molecule has 1 fully saturated rings. The molecular weight excluding hydrogens is 256 g/mol. The molecule has 0 bridgehead atoms. The zero-order valence-corrected chi connectivity index (χ0v) is 14.5. The second kappa shape index (κ2) is 6.83. The Morgan fingerprint density at radius 1 is 1.14 bits per heavy atom. The molecule has 0 atom stereocenters. The largest absolute Gasteiger partial charge is 0.372 e. The monoisotopic (exact) mass is 288 g/mol. The third-order valence-electron chi connectivity index (χ3n) is 4.67. The van der Waals surface area contributed by atoms with Gasteiger partial charge in [-0.1, -0.05) is 25.3 Å². The molecule has 1 saturated carbocycles. The molecule has 2 rings (SSSR count). The van der Waals surface area contributed by atoms with Crippen molar-refractivity contribution in [3.8, 4) is 0 Å². The van der Waals surface area contributed by atoms with Gasteiger partial charge in [-0.15, -0.1) is 0 Å². The van der Waals surface area contributed by atoms with E-state index in [-0.39, 0.29) is 5.54 Å². The van der Waals surface area contributed by atoms with Gasteiger partial charge in [-0.2, -0.15) is 0 Å². The standard InChI is InChI=1S/C19H32N2/c1-15-13-18(21(5)17-9-7-6-8-10-17)12-11-16(15)14-20-19(2,3)4/h11-13,17,20H,6-10,14H2,1-5H3. The first kappa shape index (κ1) is 16.4. The summed E-state index contributed by atoms with van der Waals surface area (Å²) in [4.78, 5) is 2.49. The van der Waals surface area contributed by atoms with Crippen LogP contribution in [-0.4, -0.2) is 18.6 Å². The Labute approximate surface area is 130 Å². The van der Waals surface area contributed by atoms with Gasteiger partial charge in [0.25, 0.3) is 0 Å². The molecule has 0 amide bonds. The van der Waals surface area contributed by atoms with Crippen molar-refractivity contribution in [3.05, 3.63) is 29.3 Å². The highest BCUT2D eigenvalue weighted by Crippen LogP contribution is 2.27.